The number of anilines is 1. The van der Waals surface area contributed by atoms with E-state index < -0.39 is 40.8 Å². The van der Waals surface area contributed by atoms with Crippen LogP contribution in [0.15, 0.2) is 71.5 Å². The maximum Gasteiger partial charge on any atom is 0.377 e. The predicted octanol–water partition coefficient (Wildman–Crippen LogP) is 4.09. The number of ether oxygens (including phenoxy) is 1. The maximum absolute atomic E-state index is 15.1. The molecule has 0 bridgehead atoms. The summed E-state index contributed by atoms with van der Waals surface area (Å²) in [7, 11) is 0. The Hall–Kier alpha value is -4.74. The first-order valence-corrected chi connectivity index (χ1v) is 11.1. The van der Waals surface area contributed by atoms with Gasteiger partial charge in [0.2, 0.25) is 0 Å². The van der Waals surface area contributed by atoms with Gasteiger partial charge in [0.1, 0.15) is 18.1 Å². The van der Waals surface area contributed by atoms with Crippen molar-refractivity contribution in [2.75, 3.05) is 11.4 Å². The van der Waals surface area contributed by atoms with Crippen LogP contribution < -0.4 is 10.6 Å². The van der Waals surface area contributed by atoms with Gasteiger partial charge in [-0.2, -0.15) is 4.68 Å². The molecule has 1 amide bonds. The fourth-order valence-electron chi connectivity index (χ4n) is 3.51. The van der Waals surface area contributed by atoms with Gasteiger partial charge in [0, 0.05) is 6.54 Å². The number of hydrogen-bond acceptors (Lipinski definition) is 6. The van der Waals surface area contributed by atoms with E-state index in [1.807, 2.05) is 6.07 Å². The van der Waals surface area contributed by atoms with Crippen molar-refractivity contribution >= 4 is 17.7 Å². The minimum atomic E-state index is -1.25. The van der Waals surface area contributed by atoms with Gasteiger partial charge in [-0.15, -0.1) is 4.68 Å². The molecule has 0 aliphatic heterocycles. The molecular formula is C25H20F3N5O4. The van der Waals surface area contributed by atoms with E-state index in [0.29, 0.717) is 11.1 Å². The van der Waals surface area contributed by atoms with Crippen molar-refractivity contribution in [3.05, 3.63) is 106 Å². The van der Waals surface area contributed by atoms with Crippen LogP contribution in [-0.2, 0) is 11.3 Å². The van der Waals surface area contributed by atoms with Crippen LogP contribution in [-0.4, -0.2) is 38.3 Å². The molecule has 4 aromatic rings. The zero-order valence-electron chi connectivity index (χ0n) is 19.5. The van der Waals surface area contributed by atoms with Crippen LogP contribution in [0.5, 0.6) is 0 Å². The lowest BCUT2D eigenvalue weighted by atomic mass is 10.1. The SMILES string of the molecule is CCCN(C(=O)n1nnn(-c2c(F)cccc2F)c1=O)c1ccc(C(=O)OCc2ccccc2)cc1F. The smallest absolute Gasteiger partial charge is 0.377 e. The number of para-hydroxylation sites is 1. The third-order valence-corrected chi connectivity index (χ3v) is 5.28. The van der Waals surface area contributed by atoms with Crippen molar-refractivity contribution < 1.29 is 27.5 Å². The number of rotatable bonds is 7. The molecule has 1 heterocycles. The van der Waals surface area contributed by atoms with Gasteiger partial charge in [-0.25, -0.2) is 27.6 Å². The number of amides is 1. The Morgan fingerprint density at radius 1 is 0.919 bits per heavy atom. The van der Waals surface area contributed by atoms with Gasteiger partial charge < -0.3 is 4.74 Å². The number of hydrogen-bond donors (Lipinski definition) is 0. The molecule has 0 fully saturated rings. The number of nitrogens with zero attached hydrogens (tertiary/aromatic N) is 5. The second kappa shape index (κ2) is 10.9. The predicted molar refractivity (Wildman–Crippen MR) is 126 cm³/mol. The second-order valence-corrected chi connectivity index (χ2v) is 7.82. The molecule has 0 aliphatic rings. The van der Waals surface area contributed by atoms with Crippen LogP contribution in [0.1, 0.15) is 29.3 Å². The number of tetrazole rings is 1. The molecule has 0 saturated carbocycles. The lowest BCUT2D eigenvalue weighted by Gasteiger charge is -2.21. The Kier molecular flexibility index (Phi) is 7.47. The monoisotopic (exact) mass is 511 g/mol. The van der Waals surface area contributed by atoms with Crippen LogP contribution in [0.2, 0.25) is 0 Å². The average Bonchev–Trinajstić information content (AvgIpc) is 3.27. The molecule has 3 aromatic carbocycles. The van der Waals surface area contributed by atoms with E-state index in [2.05, 4.69) is 10.4 Å². The summed E-state index contributed by atoms with van der Waals surface area (Å²) in [6.07, 6.45) is 0.358. The lowest BCUT2D eigenvalue weighted by Crippen LogP contribution is -2.42. The van der Waals surface area contributed by atoms with Crippen molar-refractivity contribution in [3.8, 4) is 5.69 Å². The first kappa shape index (κ1) is 25.4. The summed E-state index contributed by atoms with van der Waals surface area (Å²) in [6, 6.07) is 14.1. The van der Waals surface area contributed by atoms with Gasteiger partial charge in [0.05, 0.1) is 11.3 Å². The highest BCUT2D eigenvalue weighted by atomic mass is 19.1. The molecule has 0 unspecified atom stereocenters. The molecule has 0 atom stereocenters. The van der Waals surface area contributed by atoms with Crippen LogP contribution in [0.3, 0.4) is 0 Å². The van der Waals surface area contributed by atoms with Crippen LogP contribution in [0.25, 0.3) is 5.69 Å². The zero-order valence-corrected chi connectivity index (χ0v) is 19.5. The Morgan fingerprint density at radius 3 is 2.27 bits per heavy atom. The van der Waals surface area contributed by atoms with E-state index in [0.717, 1.165) is 34.7 Å². The average molecular weight is 511 g/mol. The van der Waals surface area contributed by atoms with Gasteiger partial charge in [-0.05, 0) is 52.7 Å². The Balaban J connectivity index is 1.59. The summed E-state index contributed by atoms with van der Waals surface area (Å²) in [4.78, 5) is 39.1. The highest BCUT2D eigenvalue weighted by molar-refractivity contribution is 5.94. The summed E-state index contributed by atoms with van der Waals surface area (Å²) >= 11 is 0. The fraction of sp³-hybridized carbons (Fsp3) is 0.160. The summed E-state index contributed by atoms with van der Waals surface area (Å²) in [5.74, 6) is -3.88. The summed E-state index contributed by atoms with van der Waals surface area (Å²) in [6.45, 7) is 1.66. The third-order valence-electron chi connectivity index (χ3n) is 5.28. The molecule has 0 aliphatic carbocycles. The highest BCUT2D eigenvalue weighted by Gasteiger charge is 2.27. The minimum Gasteiger partial charge on any atom is -0.457 e. The Bertz CT molecular complexity index is 1480. The fourth-order valence-corrected chi connectivity index (χ4v) is 3.51. The van der Waals surface area contributed by atoms with E-state index >= 15 is 4.39 Å². The molecule has 37 heavy (non-hydrogen) atoms. The van der Waals surface area contributed by atoms with Crippen LogP contribution >= 0.6 is 0 Å². The van der Waals surface area contributed by atoms with E-state index in [9.17, 15) is 23.2 Å². The summed E-state index contributed by atoms with van der Waals surface area (Å²) < 4.78 is 49.1. The van der Waals surface area contributed by atoms with E-state index in [-0.39, 0.29) is 29.1 Å². The number of halogens is 3. The molecule has 4 rings (SSSR count). The molecule has 0 N–H and O–H groups in total. The molecule has 9 nitrogen and oxygen atoms in total. The Labute approximate surface area is 208 Å². The quantitative estimate of drug-likeness (QED) is 0.274. The van der Waals surface area contributed by atoms with Crippen LogP contribution in [0, 0.1) is 17.5 Å². The van der Waals surface area contributed by atoms with Crippen molar-refractivity contribution in [1.82, 2.24) is 19.8 Å². The van der Waals surface area contributed by atoms with Gasteiger partial charge >= 0.3 is 17.7 Å². The molecule has 0 radical (unpaired) electrons. The summed E-state index contributed by atoms with van der Waals surface area (Å²) in [5.41, 5.74) is -1.64. The van der Waals surface area contributed by atoms with Crippen molar-refractivity contribution in [2.45, 2.75) is 20.0 Å². The molecule has 1 aromatic heterocycles. The molecule has 12 heteroatoms. The van der Waals surface area contributed by atoms with E-state index in [4.69, 9.17) is 4.74 Å². The molecule has 0 spiro atoms. The molecule has 190 valence electrons. The maximum atomic E-state index is 15.1. The van der Waals surface area contributed by atoms with Crippen molar-refractivity contribution in [3.63, 3.8) is 0 Å². The number of benzene rings is 3. The first-order chi connectivity index (χ1) is 17.8. The third kappa shape index (κ3) is 5.27. The zero-order chi connectivity index (χ0) is 26.5. The molecular weight excluding hydrogens is 491 g/mol. The van der Waals surface area contributed by atoms with Crippen molar-refractivity contribution in [1.29, 1.82) is 0 Å². The van der Waals surface area contributed by atoms with Crippen molar-refractivity contribution in [2.24, 2.45) is 0 Å². The lowest BCUT2D eigenvalue weighted by molar-refractivity contribution is 0.0472. The first-order valence-electron chi connectivity index (χ1n) is 11.1. The second-order valence-electron chi connectivity index (χ2n) is 7.82. The van der Waals surface area contributed by atoms with E-state index in [1.54, 1.807) is 31.2 Å². The van der Waals surface area contributed by atoms with Gasteiger partial charge in [0.25, 0.3) is 0 Å². The number of esters is 1. The molecule has 0 saturated heterocycles. The minimum absolute atomic E-state index is 0.00926. The van der Waals surface area contributed by atoms with Crippen LogP contribution in [0.4, 0.5) is 23.7 Å². The number of carbonyl (C=O) groups is 2. The topological polar surface area (TPSA) is 99.3 Å². The Morgan fingerprint density at radius 2 is 1.62 bits per heavy atom. The summed E-state index contributed by atoms with van der Waals surface area (Å²) in [5, 5.41) is 6.83. The number of carbonyl (C=O) groups excluding carboxylic acids is 2. The van der Waals surface area contributed by atoms with Gasteiger partial charge in [-0.1, -0.05) is 43.3 Å². The van der Waals surface area contributed by atoms with Gasteiger partial charge in [0.15, 0.2) is 11.6 Å². The van der Waals surface area contributed by atoms with Gasteiger partial charge in [-0.3, -0.25) is 4.90 Å². The largest absolute Gasteiger partial charge is 0.457 e. The van der Waals surface area contributed by atoms with E-state index in [1.165, 1.54) is 12.1 Å². The number of aromatic nitrogens is 4. The standard InChI is InChI=1S/C25H20F3N5O4/c1-2-13-31(24(35)33-25(36)32(29-30-33)22-18(26)9-6-10-19(22)27)21-12-11-17(14-20(21)28)23(34)37-15-16-7-4-3-5-8-16/h3-12,14H,2,13,15H2,1H3. The normalized spacial score (nSPS) is 10.8. The highest BCUT2D eigenvalue weighted by Crippen LogP contribution is 2.23.